The van der Waals surface area contributed by atoms with E-state index in [1.54, 1.807) is 24.6 Å². The van der Waals surface area contributed by atoms with Crippen molar-refractivity contribution in [1.29, 1.82) is 0 Å². The minimum absolute atomic E-state index is 0.0219. The fourth-order valence-electron chi connectivity index (χ4n) is 6.33. The topological polar surface area (TPSA) is 18.5 Å². The van der Waals surface area contributed by atoms with Gasteiger partial charge in [0, 0.05) is 0 Å². The van der Waals surface area contributed by atoms with Crippen molar-refractivity contribution in [1.82, 2.24) is 0 Å². The molecule has 3 aliphatic rings. The van der Waals surface area contributed by atoms with Crippen LogP contribution in [0.4, 0.5) is 8.78 Å². The van der Waals surface area contributed by atoms with Crippen LogP contribution >= 0.6 is 0 Å². The monoisotopic (exact) mass is 446 g/mol. The van der Waals surface area contributed by atoms with Gasteiger partial charge in [-0.15, -0.1) is 0 Å². The van der Waals surface area contributed by atoms with Crippen LogP contribution in [0, 0.1) is 29.4 Å². The molecule has 1 saturated heterocycles. The van der Waals surface area contributed by atoms with Crippen LogP contribution in [0.15, 0.2) is 23.8 Å². The molecule has 2 aliphatic carbocycles. The van der Waals surface area contributed by atoms with Crippen LogP contribution in [0.5, 0.6) is 5.75 Å². The average Bonchev–Trinajstić information content (AvgIpc) is 2.83. The van der Waals surface area contributed by atoms with Gasteiger partial charge in [0.05, 0.1) is 19.3 Å². The first-order valence-electron chi connectivity index (χ1n) is 13.0. The molecular formula is C28H40F2O2. The summed E-state index contributed by atoms with van der Waals surface area (Å²) in [7, 11) is 0. The Bertz CT molecular complexity index is 774. The first kappa shape index (κ1) is 23.7. The lowest BCUT2D eigenvalue weighted by Crippen LogP contribution is -2.31. The van der Waals surface area contributed by atoms with Crippen molar-refractivity contribution in [2.24, 2.45) is 17.8 Å². The molecule has 1 aromatic rings. The molecule has 0 bridgehead atoms. The van der Waals surface area contributed by atoms with Gasteiger partial charge >= 0.3 is 0 Å². The first-order chi connectivity index (χ1) is 15.6. The largest absolute Gasteiger partial charge is 0.491 e. The molecule has 2 nitrogen and oxygen atoms in total. The molecule has 1 aliphatic heterocycles. The van der Waals surface area contributed by atoms with Gasteiger partial charge in [-0.25, -0.2) is 4.39 Å². The van der Waals surface area contributed by atoms with Crippen LogP contribution in [0.25, 0.3) is 0 Å². The maximum Gasteiger partial charge on any atom is 0.200 e. The van der Waals surface area contributed by atoms with Gasteiger partial charge in [0.1, 0.15) is 0 Å². The van der Waals surface area contributed by atoms with Crippen LogP contribution in [0.1, 0.15) is 96.0 Å². The second-order valence-electron chi connectivity index (χ2n) is 10.2. The lowest BCUT2D eigenvalue weighted by molar-refractivity contribution is -0.0370. The number of ether oxygens (including phenoxy) is 2. The van der Waals surface area contributed by atoms with E-state index in [4.69, 9.17) is 9.47 Å². The molecule has 1 heterocycles. The first-order valence-corrected chi connectivity index (χ1v) is 13.0. The van der Waals surface area contributed by atoms with Crippen molar-refractivity contribution in [3.8, 4) is 5.75 Å². The second kappa shape index (κ2) is 11.1. The number of rotatable bonds is 7. The highest BCUT2D eigenvalue weighted by molar-refractivity contribution is 5.33. The SMILES string of the molecule is CCCC1CCC(C2CC=C(C3CCC(c4ccc(OCC)c(F)c4F)CC3)CC2)CO1. The smallest absolute Gasteiger partial charge is 0.200 e. The third kappa shape index (κ3) is 5.38. The van der Waals surface area contributed by atoms with E-state index in [2.05, 4.69) is 13.0 Å². The molecule has 0 radical (unpaired) electrons. The standard InChI is InChI=1S/C28H40F2O2/c1-3-5-24-15-14-23(18-32-24)21-8-6-19(7-9-21)20-10-12-22(13-11-20)25-16-17-26(31-4-2)28(30)27(25)29/h6,16-17,20-24H,3-5,7-15,18H2,1-2H3. The molecule has 178 valence electrons. The van der Waals surface area contributed by atoms with Gasteiger partial charge in [-0.05, 0) is 106 Å². The van der Waals surface area contributed by atoms with E-state index in [1.165, 1.54) is 44.9 Å². The Morgan fingerprint density at radius 1 is 0.906 bits per heavy atom. The zero-order valence-electron chi connectivity index (χ0n) is 19.9. The van der Waals surface area contributed by atoms with Crippen LogP contribution < -0.4 is 4.74 Å². The summed E-state index contributed by atoms with van der Waals surface area (Å²) in [6, 6.07) is 3.32. The number of hydrogen-bond donors (Lipinski definition) is 0. The van der Waals surface area contributed by atoms with Crippen molar-refractivity contribution in [2.45, 2.75) is 96.5 Å². The molecule has 0 spiro atoms. The van der Waals surface area contributed by atoms with E-state index >= 15 is 0 Å². The quantitative estimate of drug-likeness (QED) is 0.396. The average molecular weight is 447 g/mol. The van der Waals surface area contributed by atoms with Crippen molar-refractivity contribution in [3.63, 3.8) is 0 Å². The Hall–Kier alpha value is -1.42. The van der Waals surface area contributed by atoms with Crippen molar-refractivity contribution >= 4 is 0 Å². The molecule has 32 heavy (non-hydrogen) atoms. The highest BCUT2D eigenvalue weighted by atomic mass is 19.2. The predicted molar refractivity (Wildman–Crippen MR) is 125 cm³/mol. The van der Waals surface area contributed by atoms with E-state index in [9.17, 15) is 8.78 Å². The van der Waals surface area contributed by atoms with Crippen LogP contribution in [0.2, 0.25) is 0 Å². The van der Waals surface area contributed by atoms with Gasteiger partial charge in [0.2, 0.25) is 5.82 Å². The third-order valence-corrected chi connectivity index (χ3v) is 8.24. The molecule has 4 rings (SSSR count). The van der Waals surface area contributed by atoms with Crippen molar-refractivity contribution in [3.05, 3.63) is 41.0 Å². The zero-order chi connectivity index (χ0) is 22.5. The molecule has 0 amide bonds. The molecule has 4 heteroatoms. The molecule has 1 saturated carbocycles. The summed E-state index contributed by atoms with van der Waals surface area (Å²) in [5.74, 6) is 0.722. The molecular weight excluding hydrogens is 406 g/mol. The molecule has 2 fully saturated rings. The van der Waals surface area contributed by atoms with E-state index in [0.717, 1.165) is 44.1 Å². The summed E-state index contributed by atoms with van der Waals surface area (Å²) in [6.07, 6.45) is 15.7. The summed E-state index contributed by atoms with van der Waals surface area (Å²) >= 11 is 0. The summed E-state index contributed by atoms with van der Waals surface area (Å²) in [5, 5.41) is 0. The maximum atomic E-state index is 14.6. The number of hydrogen-bond acceptors (Lipinski definition) is 2. The van der Waals surface area contributed by atoms with Crippen molar-refractivity contribution in [2.75, 3.05) is 13.2 Å². The summed E-state index contributed by atoms with van der Waals surface area (Å²) in [6.45, 7) is 5.31. The lowest BCUT2D eigenvalue weighted by Gasteiger charge is -2.37. The minimum atomic E-state index is -0.833. The Labute approximate surface area is 192 Å². The van der Waals surface area contributed by atoms with E-state index in [0.29, 0.717) is 24.2 Å². The summed E-state index contributed by atoms with van der Waals surface area (Å²) in [5.41, 5.74) is 2.15. The van der Waals surface area contributed by atoms with Crippen LogP contribution in [0.3, 0.4) is 0 Å². The predicted octanol–water partition coefficient (Wildman–Crippen LogP) is 7.96. The zero-order valence-corrected chi connectivity index (χ0v) is 19.9. The number of benzene rings is 1. The molecule has 3 unspecified atom stereocenters. The molecule has 3 atom stereocenters. The summed E-state index contributed by atoms with van der Waals surface area (Å²) in [4.78, 5) is 0. The highest BCUT2D eigenvalue weighted by Gasteiger charge is 2.32. The number of halogens is 2. The molecule has 0 aromatic heterocycles. The molecule has 0 N–H and O–H groups in total. The van der Waals surface area contributed by atoms with Crippen LogP contribution in [-0.2, 0) is 4.74 Å². The van der Waals surface area contributed by atoms with Gasteiger partial charge < -0.3 is 9.47 Å². The minimum Gasteiger partial charge on any atom is -0.491 e. The Kier molecular flexibility index (Phi) is 8.26. The normalized spacial score (nSPS) is 31.2. The van der Waals surface area contributed by atoms with E-state index in [-0.39, 0.29) is 11.7 Å². The number of allylic oxidation sites excluding steroid dienone is 2. The van der Waals surface area contributed by atoms with Crippen LogP contribution in [-0.4, -0.2) is 19.3 Å². The van der Waals surface area contributed by atoms with Gasteiger partial charge in [0.25, 0.3) is 0 Å². The fraction of sp³-hybridized carbons (Fsp3) is 0.714. The highest BCUT2D eigenvalue weighted by Crippen LogP contribution is 2.44. The van der Waals surface area contributed by atoms with E-state index in [1.807, 2.05) is 0 Å². The fourth-order valence-corrected chi connectivity index (χ4v) is 6.33. The third-order valence-electron chi connectivity index (χ3n) is 8.24. The van der Waals surface area contributed by atoms with Gasteiger partial charge in [-0.1, -0.05) is 31.1 Å². The van der Waals surface area contributed by atoms with Crippen molar-refractivity contribution < 1.29 is 18.3 Å². The Morgan fingerprint density at radius 2 is 1.69 bits per heavy atom. The van der Waals surface area contributed by atoms with Gasteiger partial charge in [-0.2, -0.15) is 4.39 Å². The Morgan fingerprint density at radius 3 is 2.31 bits per heavy atom. The van der Waals surface area contributed by atoms with Gasteiger partial charge in [0.15, 0.2) is 11.6 Å². The molecule has 1 aromatic carbocycles. The Balaban J connectivity index is 1.28. The second-order valence-corrected chi connectivity index (χ2v) is 10.2. The van der Waals surface area contributed by atoms with E-state index < -0.39 is 11.6 Å². The summed E-state index contributed by atoms with van der Waals surface area (Å²) < 4.78 is 40.3. The maximum absolute atomic E-state index is 14.6. The lowest BCUT2D eigenvalue weighted by atomic mass is 9.71. The van der Waals surface area contributed by atoms with Gasteiger partial charge in [-0.3, -0.25) is 0 Å².